The van der Waals surface area contributed by atoms with Gasteiger partial charge in [0.1, 0.15) is 11.3 Å². The molecule has 6 heteroatoms. The number of aryl methyl sites for hydroxylation is 1. The number of nitrogens with one attached hydrogen (secondary N) is 1. The SMILES string of the molecule is C=C1C(c2ncc3[nH]cnc3n2)CC(OCc2ccccc2)C1COCc1ccc(C)cc1. The highest BCUT2D eigenvalue weighted by molar-refractivity contribution is 5.68. The topological polar surface area (TPSA) is 72.9 Å². The number of nitrogens with zero attached hydrogens (tertiary/aromatic N) is 3. The second-order valence-electron chi connectivity index (χ2n) is 8.67. The van der Waals surface area contributed by atoms with E-state index in [2.05, 4.69) is 69.8 Å². The van der Waals surface area contributed by atoms with E-state index in [1.807, 2.05) is 18.2 Å². The van der Waals surface area contributed by atoms with Gasteiger partial charge in [-0.15, -0.1) is 0 Å². The van der Waals surface area contributed by atoms with E-state index < -0.39 is 0 Å². The Hall–Kier alpha value is -3.35. The molecule has 1 N–H and O–H groups in total. The van der Waals surface area contributed by atoms with Gasteiger partial charge in [-0.1, -0.05) is 72.3 Å². The normalized spacial score (nSPS) is 20.5. The number of hydrogen-bond acceptors (Lipinski definition) is 5. The van der Waals surface area contributed by atoms with Crippen LogP contribution in [-0.4, -0.2) is 32.6 Å². The average Bonchev–Trinajstić information content (AvgIpc) is 3.44. The van der Waals surface area contributed by atoms with Crippen LogP contribution in [0.25, 0.3) is 11.2 Å². The van der Waals surface area contributed by atoms with Gasteiger partial charge in [0, 0.05) is 11.8 Å². The standard InChI is InChI=1S/C27H28N4O2/c1-18-8-10-21(11-9-18)14-32-16-23-19(2)22(26-28-13-24-27(31-26)30-17-29-24)12-25(23)33-15-20-6-4-3-5-7-20/h3-11,13,17,22-23,25H,2,12,14-16H2,1H3,(H,28,29,30,31). The van der Waals surface area contributed by atoms with Crippen LogP contribution in [0.1, 0.15) is 34.9 Å². The molecule has 6 nitrogen and oxygen atoms in total. The third-order valence-electron chi connectivity index (χ3n) is 6.34. The van der Waals surface area contributed by atoms with Crippen molar-refractivity contribution < 1.29 is 9.47 Å². The van der Waals surface area contributed by atoms with E-state index in [1.165, 1.54) is 5.56 Å². The van der Waals surface area contributed by atoms with Gasteiger partial charge in [0.05, 0.1) is 38.4 Å². The summed E-state index contributed by atoms with van der Waals surface area (Å²) in [5.74, 6) is 0.830. The lowest BCUT2D eigenvalue weighted by Crippen LogP contribution is -2.23. The summed E-state index contributed by atoms with van der Waals surface area (Å²) in [7, 11) is 0. The molecule has 168 valence electrons. The largest absolute Gasteiger partial charge is 0.376 e. The minimum absolute atomic E-state index is 0.0137. The molecular weight excluding hydrogens is 412 g/mol. The van der Waals surface area contributed by atoms with E-state index in [0.717, 1.165) is 34.5 Å². The van der Waals surface area contributed by atoms with Gasteiger partial charge in [-0.2, -0.15) is 0 Å². The number of hydrogen-bond donors (Lipinski definition) is 1. The van der Waals surface area contributed by atoms with E-state index in [9.17, 15) is 0 Å². The Morgan fingerprint density at radius 3 is 2.61 bits per heavy atom. The van der Waals surface area contributed by atoms with Crippen LogP contribution in [0.3, 0.4) is 0 Å². The maximum Gasteiger partial charge on any atom is 0.180 e. The summed E-state index contributed by atoms with van der Waals surface area (Å²) in [6.45, 7) is 8.19. The van der Waals surface area contributed by atoms with Crippen LogP contribution in [-0.2, 0) is 22.7 Å². The Kier molecular flexibility index (Phi) is 6.28. The van der Waals surface area contributed by atoms with Crippen LogP contribution < -0.4 is 0 Å². The molecule has 1 aliphatic rings. The Balaban J connectivity index is 1.31. The van der Waals surface area contributed by atoms with E-state index >= 15 is 0 Å². The number of ether oxygens (including phenoxy) is 2. The molecule has 33 heavy (non-hydrogen) atoms. The molecule has 0 amide bonds. The fourth-order valence-electron chi connectivity index (χ4n) is 4.40. The molecule has 3 unspecified atom stereocenters. The third kappa shape index (κ3) is 4.87. The predicted octanol–water partition coefficient (Wildman–Crippen LogP) is 5.12. The Bertz CT molecular complexity index is 1220. The highest BCUT2D eigenvalue weighted by Gasteiger charge is 2.40. The molecular formula is C27H28N4O2. The van der Waals surface area contributed by atoms with E-state index in [-0.39, 0.29) is 17.9 Å². The van der Waals surface area contributed by atoms with E-state index in [1.54, 1.807) is 12.5 Å². The Morgan fingerprint density at radius 2 is 1.79 bits per heavy atom. The van der Waals surface area contributed by atoms with Crippen molar-refractivity contribution in [3.8, 4) is 0 Å². The van der Waals surface area contributed by atoms with Crippen LogP contribution in [0.15, 0.2) is 79.3 Å². The van der Waals surface area contributed by atoms with Crippen molar-refractivity contribution in [1.82, 2.24) is 19.9 Å². The first-order valence-electron chi connectivity index (χ1n) is 11.3. The molecule has 2 aromatic heterocycles. The van der Waals surface area contributed by atoms with Crippen molar-refractivity contribution >= 4 is 11.2 Å². The number of H-pyrrole nitrogens is 1. The molecule has 0 spiro atoms. The van der Waals surface area contributed by atoms with Gasteiger partial charge >= 0.3 is 0 Å². The molecule has 0 radical (unpaired) electrons. The molecule has 0 saturated heterocycles. The zero-order valence-corrected chi connectivity index (χ0v) is 18.8. The summed E-state index contributed by atoms with van der Waals surface area (Å²) in [6.07, 6.45) is 4.19. The molecule has 2 heterocycles. The highest BCUT2D eigenvalue weighted by atomic mass is 16.5. The zero-order chi connectivity index (χ0) is 22.6. The first-order valence-corrected chi connectivity index (χ1v) is 11.3. The number of imidazole rings is 1. The monoisotopic (exact) mass is 440 g/mol. The average molecular weight is 441 g/mol. The summed E-state index contributed by atoms with van der Waals surface area (Å²) in [6, 6.07) is 18.7. The molecule has 0 aliphatic heterocycles. The molecule has 1 fully saturated rings. The summed E-state index contributed by atoms with van der Waals surface area (Å²) in [5, 5.41) is 0. The molecule has 1 saturated carbocycles. The first-order chi connectivity index (χ1) is 16.2. The van der Waals surface area contributed by atoms with Gasteiger partial charge in [0.15, 0.2) is 5.65 Å². The van der Waals surface area contributed by atoms with Crippen LogP contribution in [0, 0.1) is 12.8 Å². The fraction of sp³-hybridized carbons (Fsp3) is 0.296. The highest BCUT2D eigenvalue weighted by Crippen LogP contribution is 2.43. The van der Waals surface area contributed by atoms with E-state index in [4.69, 9.17) is 9.47 Å². The molecule has 0 bridgehead atoms. The smallest absolute Gasteiger partial charge is 0.180 e. The van der Waals surface area contributed by atoms with Crippen molar-refractivity contribution in [3.05, 3.63) is 102 Å². The minimum Gasteiger partial charge on any atom is -0.376 e. The van der Waals surface area contributed by atoms with Gasteiger partial charge in [-0.05, 0) is 24.5 Å². The van der Waals surface area contributed by atoms with Crippen molar-refractivity contribution in [2.45, 2.75) is 38.6 Å². The van der Waals surface area contributed by atoms with Crippen molar-refractivity contribution in [2.24, 2.45) is 5.92 Å². The third-order valence-corrected chi connectivity index (χ3v) is 6.34. The maximum absolute atomic E-state index is 6.40. The summed E-state index contributed by atoms with van der Waals surface area (Å²) < 4.78 is 12.5. The second-order valence-corrected chi connectivity index (χ2v) is 8.67. The lowest BCUT2D eigenvalue weighted by Gasteiger charge is -2.21. The van der Waals surface area contributed by atoms with E-state index in [0.29, 0.717) is 25.5 Å². The lowest BCUT2D eigenvalue weighted by atomic mass is 9.98. The first kappa shape index (κ1) is 21.5. The Morgan fingerprint density at radius 1 is 1.00 bits per heavy atom. The van der Waals surface area contributed by atoms with Gasteiger partial charge in [0.2, 0.25) is 0 Å². The zero-order valence-electron chi connectivity index (χ0n) is 18.8. The molecule has 1 aliphatic carbocycles. The van der Waals surface area contributed by atoms with Gasteiger partial charge in [0.25, 0.3) is 0 Å². The van der Waals surface area contributed by atoms with Gasteiger partial charge in [-0.25, -0.2) is 15.0 Å². The summed E-state index contributed by atoms with van der Waals surface area (Å²) >= 11 is 0. The number of fused-ring (bicyclic) bond motifs is 1. The summed E-state index contributed by atoms with van der Waals surface area (Å²) in [5.41, 5.74) is 6.13. The number of aromatic nitrogens is 4. The predicted molar refractivity (Wildman–Crippen MR) is 128 cm³/mol. The summed E-state index contributed by atoms with van der Waals surface area (Å²) in [4.78, 5) is 16.6. The molecule has 5 rings (SSSR count). The lowest BCUT2D eigenvalue weighted by molar-refractivity contribution is -0.0117. The Labute approximate surface area is 193 Å². The number of aromatic amines is 1. The quantitative estimate of drug-likeness (QED) is 0.385. The molecule has 3 atom stereocenters. The van der Waals surface area contributed by atoms with Crippen LogP contribution >= 0.6 is 0 Å². The van der Waals surface area contributed by atoms with Crippen LogP contribution in [0.2, 0.25) is 0 Å². The molecule has 4 aromatic rings. The number of benzene rings is 2. The van der Waals surface area contributed by atoms with Gasteiger partial charge < -0.3 is 14.5 Å². The van der Waals surface area contributed by atoms with Crippen molar-refractivity contribution in [2.75, 3.05) is 6.61 Å². The maximum atomic E-state index is 6.40. The van der Waals surface area contributed by atoms with Gasteiger partial charge in [-0.3, -0.25) is 0 Å². The second kappa shape index (κ2) is 9.65. The van der Waals surface area contributed by atoms with Crippen molar-refractivity contribution in [3.63, 3.8) is 0 Å². The van der Waals surface area contributed by atoms with Crippen LogP contribution in [0.5, 0.6) is 0 Å². The molecule has 2 aromatic carbocycles. The minimum atomic E-state index is -0.0146. The van der Waals surface area contributed by atoms with Crippen molar-refractivity contribution in [1.29, 1.82) is 0 Å². The fourth-order valence-corrected chi connectivity index (χ4v) is 4.40. The number of rotatable bonds is 8. The van der Waals surface area contributed by atoms with Crippen LogP contribution in [0.4, 0.5) is 0 Å².